The summed E-state index contributed by atoms with van der Waals surface area (Å²) < 4.78 is 18.2. The maximum atomic E-state index is 10.3. The molecule has 0 bridgehead atoms. The molecule has 1 unspecified atom stereocenters. The summed E-state index contributed by atoms with van der Waals surface area (Å²) in [7, 11) is 0. The molecule has 1 heterocycles. The fraction of sp³-hybridized carbons (Fsp3) is 0.944. The van der Waals surface area contributed by atoms with Crippen LogP contribution < -0.4 is 0 Å². The maximum Gasteiger partial charge on any atom is 0.171 e. The van der Waals surface area contributed by atoms with Crippen molar-refractivity contribution < 1.29 is 19.0 Å². The van der Waals surface area contributed by atoms with E-state index in [-0.39, 0.29) is 11.9 Å². The highest BCUT2D eigenvalue weighted by Gasteiger charge is 2.49. The SMILES string of the molecule is CC(C)[C@@H]1CC[C@@H](C)CC12OCC[C@@H](CCOCCC=O)O2. The lowest BCUT2D eigenvalue weighted by Gasteiger charge is -2.51. The second-order valence-corrected chi connectivity index (χ2v) is 7.28. The molecule has 1 spiro atoms. The number of carbonyl (C=O) groups excluding carboxylic acids is 1. The molecule has 0 aromatic heterocycles. The van der Waals surface area contributed by atoms with E-state index < -0.39 is 0 Å². The number of rotatable bonds is 7. The van der Waals surface area contributed by atoms with E-state index in [0.717, 1.165) is 32.2 Å². The molecule has 1 aliphatic carbocycles. The molecular formula is C18H32O4. The highest BCUT2D eigenvalue weighted by atomic mass is 16.7. The van der Waals surface area contributed by atoms with Crippen LogP contribution in [-0.4, -0.2) is 38.0 Å². The van der Waals surface area contributed by atoms with E-state index in [1.165, 1.54) is 12.8 Å². The van der Waals surface area contributed by atoms with Crippen LogP contribution in [0.3, 0.4) is 0 Å². The van der Waals surface area contributed by atoms with Gasteiger partial charge in [-0.3, -0.25) is 0 Å². The Bertz CT molecular complexity index is 344. The molecule has 4 atom stereocenters. The third kappa shape index (κ3) is 4.53. The molecule has 1 saturated heterocycles. The molecule has 22 heavy (non-hydrogen) atoms. The van der Waals surface area contributed by atoms with Crippen LogP contribution in [0.5, 0.6) is 0 Å². The summed E-state index contributed by atoms with van der Waals surface area (Å²) in [5.74, 6) is 1.35. The summed E-state index contributed by atoms with van der Waals surface area (Å²) in [6, 6.07) is 0. The summed E-state index contributed by atoms with van der Waals surface area (Å²) in [6.07, 6.45) is 6.91. The zero-order valence-corrected chi connectivity index (χ0v) is 14.4. The first-order valence-corrected chi connectivity index (χ1v) is 8.90. The summed E-state index contributed by atoms with van der Waals surface area (Å²) in [4.78, 5) is 10.3. The van der Waals surface area contributed by atoms with Crippen LogP contribution in [0.1, 0.15) is 59.3 Å². The number of hydrogen-bond donors (Lipinski definition) is 0. The van der Waals surface area contributed by atoms with Crippen molar-refractivity contribution in [3.8, 4) is 0 Å². The standard InChI is InChI=1S/C18H32O4/c1-14(2)17-6-5-15(3)13-18(17)21-12-8-16(22-18)7-11-20-10-4-9-19/h9,14-17H,4-8,10-13H2,1-3H3/t15-,16-,17+,18?/m1/s1. The zero-order chi connectivity index (χ0) is 16.0. The van der Waals surface area contributed by atoms with Gasteiger partial charge in [0.05, 0.1) is 19.3 Å². The molecule has 2 aliphatic rings. The monoisotopic (exact) mass is 312 g/mol. The van der Waals surface area contributed by atoms with Gasteiger partial charge in [0.2, 0.25) is 0 Å². The van der Waals surface area contributed by atoms with Crippen molar-refractivity contribution in [3.05, 3.63) is 0 Å². The Morgan fingerprint density at radius 2 is 2.09 bits per heavy atom. The molecule has 2 fully saturated rings. The zero-order valence-electron chi connectivity index (χ0n) is 14.4. The predicted molar refractivity (Wildman–Crippen MR) is 85.6 cm³/mol. The second kappa shape index (κ2) is 8.42. The van der Waals surface area contributed by atoms with E-state index >= 15 is 0 Å². The topological polar surface area (TPSA) is 44.8 Å². The van der Waals surface area contributed by atoms with E-state index in [4.69, 9.17) is 14.2 Å². The predicted octanol–water partition coefficient (Wildman–Crippen LogP) is 3.58. The number of ether oxygens (including phenoxy) is 3. The van der Waals surface area contributed by atoms with Crippen LogP contribution in [0.15, 0.2) is 0 Å². The van der Waals surface area contributed by atoms with Gasteiger partial charge in [-0.25, -0.2) is 0 Å². The quantitative estimate of drug-likeness (QED) is 0.532. The minimum atomic E-state index is -0.377. The van der Waals surface area contributed by atoms with Gasteiger partial charge in [0.25, 0.3) is 0 Å². The van der Waals surface area contributed by atoms with Crippen molar-refractivity contribution in [2.75, 3.05) is 19.8 Å². The molecule has 128 valence electrons. The lowest BCUT2D eigenvalue weighted by atomic mass is 9.72. The fourth-order valence-electron chi connectivity index (χ4n) is 3.96. The molecule has 4 nitrogen and oxygen atoms in total. The number of aldehydes is 1. The maximum absolute atomic E-state index is 10.3. The Kier molecular flexibility index (Phi) is 6.85. The molecule has 0 aromatic carbocycles. The number of hydrogen-bond acceptors (Lipinski definition) is 4. The van der Waals surface area contributed by atoms with Gasteiger partial charge in [0, 0.05) is 25.4 Å². The van der Waals surface area contributed by atoms with Crippen LogP contribution in [0.4, 0.5) is 0 Å². The largest absolute Gasteiger partial charge is 0.381 e. The highest BCUT2D eigenvalue weighted by Crippen LogP contribution is 2.46. The summed E-state index contributed by atoms with van der Waals surface area (Å²) >= 11 is 0. The summed E-state index contributed by atoms with van der Waals surface area (Å²) in [6.45, 7) is 8.83. The Morgan fingerprint density at radius 3 is 2.82 bits per heavy atom. The average Bonchev–Trinajstić information content (AvgIpc) is 2.46. The third-order valence-corrected chi connectivity index (χ3v) is 5.09. The van der Waals surface area contributed by atoms with E-state index in [9.17, 15) is 4.79 Å². The van der Waals surface area contributed by atoms with Crippen molar-refractivity contribution in [2.45, 2.75) is 71.2 Å². The second-order valence-electron chi connectivity index (χ2n) is 7.28. The van der Waals surface area contributed by atoms with Gasteiger partial charge in [0.1, 0.15) is 6.29 Å². The van der Waals surface area contributed by atoms with Gasteiger partial charge < -0.3 is 19.0 Å². The van der Waals surface area contributed by atoms with Gasteiger partial charge in [-0.05, 0) is 31.1 Å². The molecule has 2 rings (SSSR count). The minimum Gasteiger partial charge on any atom is -0.381 e. The van der Waals surface area contributed by atoms with Gasteiger partial charge in [-0.2, -0.15) is 0 Å². The van der Waals surface area contributed by atoms with Crippen LogP contribution >= 0.6 is 0 Å². The average molecular weight is 312 g/mol. The minimum absolute atomic E-state index is 0.219. The first-order chi connectivity index (χ1) is 10.6. The number of carbonyl (C=O) groups is 1. The third-order valence-electron chi connectivity index (χ3n) is 5.09. The van der Waals surface area contributed by atoms with Crippen molar-refractivity contribution in [1.29, 1.82) is 0 Å². The van der Waals surface area contributed by atoms with Gasteiger partial charge in [-0.15, -0.1) is 0 Å². The highest BCUT2D eigenvalue weighted by molar-refractivity contribution is 5.49. The smallest absolute Gasteiger partial charge is 0.171 e. The van der Waals surface area contributed by atoms with Crippen molar-refractivity contribution in [2.24, 2.45) is 17.8 Å². The van der Waals surface area contributed by atoms with E-state index in [2.05, 4.69) is 20.8 Å². The van der Waals surface area contributed by atoms with Crippen molar-refractivity contribution >= 4 is 6.29 Å². The molecule has 0 N–H and O–H groups in total. The first-order valence-electron chi connectivity index (χ1n) is 8.90. The lowest BCUT2D eigenvalue weighted by Crippen LogP contribution is -2.54. The van der Waals surface area contributed by atoms with Gasteiger partial charge in [0.15, 0.2) is 5.79 Å². The van der Waals surface area contributed by atoms with E-state index in [1.54, 1.807) is 0 Å². The molecule has 1 saturated carbocycles. The van der Waals surface area contributed by atoms with Crippen LogP contribution in [-0.2, 0) is 19.0 Å². The van der Waals surface area contributed by atoms with E-state index in [0.29, 0.717) is 37.4 Å². The fourth-order valence-corrected chi connectivity index (χ4v) is 3.96. The summed E-state index contributed by atoms with van der Waals surface area (Å²) in [5, 5.41) is 0. The first kappa shape index (κ1) is 17.9. The molecule has 0 aromatic rings. The van der Waals surface area contributed by atoms with Gasteiger partial charge >= 0.3 is 0 Å². The Labute approximate surface area is 134 Å². The lowest BCUT2D eigenvalue weighted by molar-refractivity contribution is -0.340. The molecular weight excluding hydrogens is 280 g/mol. The van der Waals surface area contributed by atoms with Crippen molar-refractivity contribution in [3.63, 3.8) is 0 Å². The van der Waals surface area contributed by atoms with Crippen LogP contribution in [0.25, 0.3) is 0 Å². The molecule has 1 aliphatic heterocycles. The van der Waals surface area contributed by atoms with Gasteiger partial charge in [-0.1, -0.05) is 27.2 Å². The van der Waals surface area contributed by atoms with Crippen LogP contribution in [0, 0.1) is 17.8 Å². The van der Waals surface area contributed by atoms with Crippen LogP contribution in [0.2, 0.25) is 0 Å². The molecule has 4 heteroatoms. The Balaban J connectivity index is 1.90. The Hall–Kier alpha value is -0.450. The molecule has 0 amide bonds. The van der Waals surface area contributed by atoms with E-state index in [1.807, 2.05) is 0 Å². The van der Waals surface area contributed by atoms with Crippen molar-refractivity contribution in [1.82, 2.24) is 0 Å². The normalized spacial score (nSPS) is 35.9. The molecule has 0 radical (unpaired) electrons. The summed E-state index contributed by atoms with van der Waals surface area (Å²) in [5.41, 5.74) is 0. The Morgan fingerprint density at radius 1 is 1.27 bits per heavy atom.